The molecule has 0 bridgehead atoms. The number of halogens is 1. The molecule has 0 radical (unpaired) electrons. The Morgan fingerprint density at radius 1 is 1.29 bits per heavy atom. The van der Waals surface area contributed by atoms with Gasteiger partial charge in [-0.05, 0) is 43.0 Å². The molecule has 1 aromatic heterocycles. The van der Waals surface area contributed by atoms with Crippen molar-refractivity contribution < 1.29 is 13.9 Å². The summed E-state index contributed by atoms with van der Waals surface area (Å²) >= 11 is 0. The van der Waals surface area contributed by atoms with Crippen molar-refractivity contribution in [2.75, 3.05) is 19.6 Å². The van der Waals surface area contributed by atoms with E-state index in [-0.39, 0.29) is 5.82 Å². The summed E-state index contributed by atoms with van der Waals surface area (Å²) in [6.07, 6.45) is 1.31. The van der Waals surface area contributed by atoms with Crippen LogP contribution in [0.2, 0.25) is 0 Å². The molecule has 3 rings (SSSR count). The van der Waals surface area contributed by atoms with Crippen LogP contribution in [0.3, 0.4) is 0 Å². The Hall–Kier alpha value is -1.39. The van der Waals surface area contributed by atoms with Gasteiger partial charge in [-0.15, -0.1) is 0 Å². The van der Waals surface area contributed by atoms with Crippen LogP contribution in [0.1, 0.15) is 32.4 Å². The summed E-state index contributed by atoms with van der Waals surface area (Å²) in [4.78, 5) is 2.38. The van der Waals surface area contributed by atoms with Gasteiger partial charge in [0.1, 0.15) is 22.8 Å². The molecule has 0 unspecified atom stereocenters. The summed E-state index contributed by atoms with van der Waals surface area (Å²) in [5.74, 6) is 0.909. The highest BCUT2D eigenvalue weighted by atomic mass is 19.1. The van der Waals surface area contributed by atoms with Crippen LogP contribution in [0.4, 0.5) is 4.39 Å². The first-order valence-electron chi connectivity index (χ1n) is 7.60. The number of piperidine rings is 1. The van der Waals surface area contributed by atoms with E-state index in [1.54, 1.807) is 12.1 Å². The normalized spacial score (nSPS) is 19.5. The van der Waals surface area contributed by atoms with Crippen LogP contribution in [-0.4, -0.2) is 29.6 Å². The highest BCUT2D eigenvalue weighted by molar-refractivity contribution is 5.78. The second-order valence-corrected chi connectivity index (χ2v) is 6.52. The van der Waals surface area contributed by atoms with Gasteiger partial charge in [-0.25, -0.2) is 4.39 Å². The number of aliphatic hydroxyl groups is 1. The molecule has 3 nitrogen and oxygen atoms in total. The molecule has 114 valence electrons. The van der Waals surface area contributed by atoms with Crippen LogP contribution in [0.25, 0.3) is 11.0 Å². The first-order chi connectivity index (χ1) is 9.96. The van der Waals surface area contributed by atoms with Gasteiger partial charge >= 0.3 is 0 Å². The van der Waals surface area contributed by atoms with Crippen molar-refractivity contribution in [2.45, 2.75) is 32.3 Å². The predicted octanol–water partition coefficient (Wildman–Crippen LogP) is 3.51. The minimum absolute atomic E-state index is 0.284. The quantitative estimate of drug-likeness (QED) is 0.940. The molecule has 21 heavy (non-hydrogen) atoms. The summed E-state index contributed by atoms with van der Waals surface area (Å²) in [6.45, 7) is 7.19. The molecular formula is C17H22FNO2. The first-order valence-corrected chi connectivity index (χ1v) is 7.60. The maximum atomic E-state index is 13.2. The topological polar surface area (TPSA) is 36.6 Å². The number of nitrogens with zero attached hydrogens (tertiary/aromatic N) is 1. The average Bonchev–Trinajstić information content (AvgIpc) is 2.85. The Labute approximate surface area is 124 Å². The third-order valence-electron chi connectivity index (χ3n) is 4.24. The minimum atomic E-state index is -0.928. The molecule has 0 aliphatic carbocycles. The maximum Gasteiger partial charge on any atom is 0.136 e. The van der Waals surface area contributed by atoms with Gasteiger partial charge in [0, 0.05) is 25.0 Å². The molecule has 1 aliphatic rings. The van der Waals surface area contributed by atoms with Gasteiger partial charge < -0.3 is 14.4 Å². The summed E-state index contributed by atoms with van der Waals surface area (Å²) < 4.78 is 19.0. The van der Waals surface area contributed by atoms with E-state index in [1.807, 2.05) is 0 Å². The van der Waals surface area contributed by atoms with Gasteiger partial charge in [-0.1, -0.05) is 13.8 Å². The second-order valence-electron chi connectivity index (χ2n) is 6.52. The van der Waals surface area contributed by atoms with Crippen LogP contribution >= 0.6 is 0 Å². The van der Waals surface area contributed by atoms with Gasteiger partial charge in [0.15, 0.2) is 0 Å². The van der Waals surface area contributed by atoms with E-state index in [0.29, 0.717) is 35.5 Å². The fourth-order valence-corrected chi connectivity index (χ4v) is 3.11. The predicted molar refractivity (Wildman–Crippen MR) is 80.6 cm³/mol. The first kappa shape index (κ1) is 14.5. The molecule has 2 heterocycles. The minimum Gasteiger partial charge on any atom is -0.458 e. The zero-order valence-corrected chi connectivity index (χ0v) is 12.6. The number of furan rings is 1. The lowest BCUT2D eigenvalue weighted by atomic mass is 9.88. The van der Waals surface area contributed by atoms with Crippen LogP contribution in [0.15, 0.2) is 28.7 Å². The van der Waals surface area contributed by atoms with Gasteiger partial charge in [-0.2, -0.15) is 0 Å². The summed E-state index contributed by atoms with van der Waals surface area (Å²) in [6, 6.07) is 6.21. The van der Waals surface area contributed by atoms with Crippen LogP contribution in [0.5, 0.6) is 0 Å². The molecular weight excluding hydrogens is 269 g/mol. The van der Waals surface area contributed by atoms with E-state index in [1.165, 1.54) is 12.1 Å². The van der Waals surface area contributed by atoms with E-state index >= 15 is 0 Å². The Morgan fingerprint density at radius 2 is 2.00 bits per heavy atom. The molecule has 4 heteroatoms. The van der Waals surface area contributed by atoms with Crippen molar-refractivity contribution in [1.29, 1.82) is 0 Å². The van der Waals surface area contributed by atoms with E-state index < -0.39 is 5.60 Å². The van der Waals surface area contributed by atoms with E-state index in [0.717, 1.165) is 19.6 Å². The Morgan fingerprint density at radius 3 is 2.67 bits per heavy atom. The summed E-state index contributed by atoms with van der Waals surface area (Å²) in [5.41, 5.74) is -0.298. The SMILES string of the molecule is CC(C)CN1CCC(O)(c2cc3cc(F)ccc3o2)CC1. The Bertz CT molecular complexity index is 627. The third-order valence-corrected chi connectivity index (χ3v) is 4.24. The molecule has 0 saturated carbocycles. The lowest BCUT2D eigenvalue weighted by Gasteiger charge is -2.37. The van der Waals surface area contributed by atoms with Crippen molar-refractivity contribution in [3.8, 4) is 0 Å². The lowest BCUT2D eigenvalue weighted by Crippen LogP contribution is -2.43. The molecule has 1 aliphatic heterocycles. The average molecular weight is 291 g/mol. The monoisotopic (exact) mass is 291 g/mol. The zero-order chi connectivity index (χ0) is 15.0. The molecule has 0 spiro atoms. The number of benzene rings is 1. The van der Waals surface area contributed by atoms with Gasteiger partial charge in [0.2, 0.25) is 0 Å². The molecule has 0 atom stereocenters. The number of fused-ring (bicyclic) bond motifs is 1. The van der Waals surface area contributed by atoms with Gasteiger partial charge in [-0.3, -0.25) is 0 Å². The highest BCUT2D eigenvalue weighted by Gasteiger charge is 2.37. The van der Waals surface area contributed by atoms with Crippen molar-refractivity contribution in [2.24, 2.45) is 5.92 Å². The van der Waals surface area contributed by atoms with Crippen LogP contribution < -0.4 is 0 Å². The molecule has 1 saturated heterocycles. The molecule has 1 N–H and O–H groups in total. The maximum absolute atomic E-state index is 13.2. The fraction of sp³-hybridized carbons (Fsp3) is 0.529. The number of hydrogen-bond acceptors (Lipinski definition) is 3. The fourth-order valence-electron chi connectivity index (χ4n) is 3.11. The smallest absolute Gasteiger partial charge is 0.136 e. The lowest BCUT2D eigenvalue weighted by molar-refractivity contribution is -0.0427. The van der Waals surface area contributed by atoms with Crippen molar-refractivity contribution in [1.82, 2.24) is 4.90 Å². The highest BCUT2D eigenvalue weighted by Crippen LogP contribution is 2.36. The largest absolute Gasteiger partial charge is 0.458 e. The Balaban J connectivity index is 1.79. The van der Waals surface area contributed by atoms with Crippen molar-refractivity contribution in [3.63, 3.8) is 0 Å². The van der Waals surface area contributed by atoms with Gasteiger partial charge in [0.25, 0.3) is 0 Å². The zero-order valence-electron chi connectivity index (χ0n) is 12.6. The second kappa shape index (κ2) is 5.43. The summed E-state index contributed by atoms with van der Waals surface area (Å²) in [7, 11) is 0. The molecule has 2 aromatic rings. The van der Waals surface area contributed by atoms with E-state index in [4.69, 9.17) is 4.42 Å². The Kier molecular flexibility index (Phi) is 3.76. The van der Waals surface area contributed by atoms with E-state index in [9.17, 15) is 9.50 Å². The third kappa shape index (κ3) is 2.97. The number of hydrogen-bond donors (Lipinski definition) is 1. The van der Waals surface area contributed by atoms with Crippen LogP contribution in [-0.2, 0) is 5.60 Å². The standard InChI is InChI=1S/C17H22FNO2/c1-12(2)11-19-7-5-17(20,6-8-19)16-10-13-9-14(18)3-4-15(13)21-16/h3-4,9-10,12,20H,5-8,11H2,1-2H3. The molecule has 1 aromatic carbocycles. The number of likely N-dealkylation sites (tertiary alicyclic amines) is 1. The molecule has 1 fully saturated rings. The number of rotatable bonds is 3. The van der Waals surface area contributed by atoms with E-state index in [2.05, 4.69) is 18.7 Å². The van der Waals surface area contributed by atoms with Crippen molar-refractivity contribution >= 4 is 11.0 Å². The summed E-state index contributed by atoms with van der Waals surface area (Å²) in [5, 5.41) is 11.6. The van der Waals surface area contributed by atoms with Crippen LogP contribution in [0, 0.1) is 11.7 Å². The van der Waals surface area contributed by atoms with Gasteiger partial charge in [0.05, 0.1) is 0 Å². The van der Waals surface area contributed by atoms with Crippen molar-refractivity contribution in [3.05, 3.63) is 35.8 Å². The molecule has 0 amide bonds.